The molecule has 1 saturated heterocycles. The number of Topliss-reactive ketones (excluding diaryl/α,β-unsaturated/α-hetero) is 1. The van der Waals surface area contributed by atoms with E-state index in [2.05, 4.69) is 10.3 Å². The highest BCUT2D eigenvalue weighted by Crippen LogP contribution is 2.27. The molecule has 4 rings (SSSR count). The number of nitrogens with zero attached hydrogens (tertiary/aromatic N) is 1. The highest BCUT2D eigenvalue weighted by atomic mass is 16.5. The second kappa shape index (κ2) is 7.32. The van der Waals surface area contributed by atoms with Gasteiger partial charge in [0.25, 0.3) is 5.91 Å². The molecule has 1 N–H and O–H groups in total. The van der Waals surface area contributed by atoms with Crippen LogP contribution in [0.15, 0.2) is 53.3 Å². The lowest BCUT2D eigenvalue weighted by atomic mass is 10.0. The molecule has 1 amide bonds. The van der Waals surface area contributed by atoms with Gasteiger partial charge in [-0.1, -0.05) is 12.1 Å². The fourth-order valence-corrected chi connectivity index (χ4v) is 3.36. The molecule has 0 radical (unpaired) electrons. The van der Waals surface area contributed by atoms with Crippen molar-refractivity contribution >= 4 is 22.7 Å². The molecule has 0 aliphatic carbocycles. The third kappa shape index (κ3) is 3.61. The Morgan fingerprint density at radius 2 is 1.93 bits per heavy atom. The second-order valence-electron chi connectivity index (χ2n) is 6.75. The van der Waals surface area contributed by atoms with Crippen molar-refractivity contribution in [1.82, 2.24) is 10.3 Å². The van der Waals surface area contributed by atoms with Gasteiger partial charge in [0.05, 0.1) is 24.6 Å². The van der Waals surface area contributed by atoms with Crippen LogP contribution in [0.25, 0.3) is 22.2 Å². The summed E-state index contributed by atoms with van der Waals surface area (Å²) in [5, 5.41) is 3.91. The van der Waals surface area contributed by atoms with Crippen molar-refractivity contribution in [2.45, 2.75) is 31.9 Å². The van der Waals surface area contributed by atoms with Crippen molar-refractivity contribution in [1.29, 1.82) is 0 Å². The van der Waals surface area contributed by atoms with Gasteiger partial charge >= 0.3 is 0 Å². The monoisotopic (exact) mass is 364 g/mol. The minimum absolute atomic E-state index is 0.0385. The maximum Gasteiger partial charge on any atom is 0.251 e. The Kier molecular flexibility index (Phi) is 4.73. The van der Waals surface area contributed by atoms with Crippen LogP contribution >= 0.6 is 0 Å². The molecular formula is C21H20N2O4. The number of carbonyl (C=O) groups excluding carboxylic acids is 2. The fraction of sp³-hybridized carbons (Fsp3) is 0.286. The predicted molar refractivity (Wildman–Crippen MR) is 100 cm³/mol. The molecule has 6 nitrogen and oxygen atoms in total. The van der Waals surface area contributed by atoms with Gasteiger partial charge in [-0.3, -0.25) is 14.6 Å². The summed E-state index contributed by atoms with van der Waals surface area (Å²) in [6.45, 7) is 1.89. The zero-order valence-corrected chi connectivity index (χ0v) is 15.0. The molecule has 6 heteroatoms. The van der Waals surface area contributed by atoms with Gasteiger partial charge in [-0.05, 0) is 44.0 Å². The van der Waals surface area contributed by atoms with E-state index in [1.165, 1.54) is 6.92 Å². The second-order valence-corrected chi connectivity index (χ2v) is 6.75. The van der Waals surface area contributed by atoms with Crippen molar-refractivity contribution < 1.29 is 18.7 Å². The summed E-state index contributed by atoms with van der Waals surface area (Å²) < 4.78 is 10.9. The number of hydrogen-bond acceptors (Lipinski definition) is 5. The van der Waals surface area contributed by atoms with Crippen LogP contribution < -0.4 is 5.32 Å². The van der Waals surface area contributed by atoms with Crippen LogP contribution in [0.2, 0.25) is 0 Å². The summed E-state index contributed by atoms with van der Waals surface area (Å²) in [4.78, 5) is 28.3. The van der Waals surface area contributed by atoms with E-state index in [-0.39, 0.29) is 23.8 Å². The summed E-state index contributed by atoms with van der Waals surface area (Å²) in [6, 6.07) is 11.0. The van der Waals surface area contributed by atoms with Gasteiger partial charge in [-0.2, -0.15) is 0 Å². The van der Waals surface area contributed by atoms with E-state index in [1.54, 1.807) is 24.6 Å². The van der Waals surface area contributed by atoms with Crippen molar-refractivity contribution in [2.24, 2.45) is 0 Å². The number of ketones is 1. The van der Waals surface area contributed by atoms with E-state index in [9.17, 15) is 9.59 Å². The van der Waals surface area contributed by atoms with Gasteiger partial charge in [-0.25, -0.2) is 0 Å². The lowest BCUT2D eigenvalue weighted by Gasteiger charge is -2.28. The molecule has 0 saturated carbocycles. The van der Waals surface area contributed by atoms with Crippen molar-refractivity contribution in [3.63, 3.8) is 0 Å². The third-order valence-corrected chi connectivity index (χ3v) is 4.86. The number of rotatable bonds is 4. The first kappa shape index (κ1) is 17.4. The van der Waals surface area contributed by atoms with E-state index in [0.717, 1.165) is 28.6 Å². The molecular weight excluding hydrogens is 344 g/mol. The van der Waals surface area contributed by atoms with E-state index < -0.39 is 0 Å². The number of aromatic nitrogens is 1. The van der Waals surface area contributed by atoms with Crippen LogP contribution in [0.5, 0.6) is 0 Å². The molecule has 1 aliphatic rings. The minimum Gasteiger partial charge on any atom is -0.464 e. The van der Waals surface area contributed by atoms with E-state index in [0.29, 0.717) is 18.6 Å². The van der Waals surface area contributed by atoms with Gasteiger partial charge in [0.2, 0.25) is 0 Å². The number of amides is 1. The Morgan fingerprint density at radius 3 is 2.63 bits per heavy atom. The molecule has 0 bridgehead atoms. The van der Waals surface area contributed by atoms with E-state index >= 15 is 0 Å². The van der Waals surface area contributed by atoms with Crippen LogP contribution in [0.4, 0.5) is 0 Å². The van der Waals surface area contributed by atoms with Crippen LogP contribution in [0, 0.1) is 0 Å². The topological polar surface area (TPSA) is 81.4 Å². The molecule has 1 aliphatic heterocycles. The Hall–Kier alpha value is -2.99. The number of fused-ring (bicyclic) bond motifs is 1. The molecule has 3 heterocycles. The summed E-state index contributed by atoms with van der Waals surface area (Å²) in [6.07, 6.45) is 4.38. The average molecular weight is 364 g/mol. The number of carbonyl (C=O) groups is 2. The number of nitrogens with one attached hydrogen (secondary N) is 1. The summed E-state index contributed by atoms with van der Waals surface area (Å²) in [7, 11) is 0. The molecule has 27 heavy (non-hydrogen) atoms. The number of hydrogen-bond donors (Lipinski definition) is 1. The van der Waals surface area contributed by atoms with Crippen LogP contribution in [-0.2, 0) is 9.53 Å². The van der Waals surface area contributed by atoms with Crippen LogP contribution in [0.1, 0.15) is 30.1 Å². The normalized spacial score (nSPS) is 19.7. The highest BCUT2D eigenvalue weighted by Gasteiger charge is 2.25. The van der Waals surface area contributed by atoms with Crippen molar-refractivity contribution in [2.75, 3.05) is 6.61 Å². The van der Waals surface area contributed by atoms with Crippen LogP contribution in [0.3, 0.4) is 0 Å². The Bertz CT molecular complexity index is 969. The largest absolute Gasteiger partial charge is 0.464 e. The maximum atomic E-state index is 12.5. The standard InChI is InChI=1S/C21H20N2O4/c1-13(24)18-7-6-16(12-27-18)23-21(25)15-4-2-14(3-5-15)20-17-9-11-26-19(17)8-10-22-20/h2-5,8-11,16,18H,6-7,12H2,1H3,(H,23,25)/t16?,18-/m0/s1. The van der Waals surface area contributed by atoms with Crippen molar-refractivity contribution in [3.8, 4) is 11.3 Å². The van der Waals surface area contributed by atoms with Gasteiger partial charge < -0.3 is 14.5 Å². The number of pyridine rings is 1. The minimum atomic E-state index is -0.337. The number of furan rings is 1. The molecule has 2 atom stereocenters. The van der Waals surface area contributed by atoms with Crippen molar-refractivity contribution in [3.05, 3.63) is 54.4 Å². The van der Waals surface area contributed by atoms with Gasteiger partial charge in [0.15, 0.2) is 5.78 Å². The van der Waals surface area contributed by atoms with Gasteiger partial charge in [0.1, 0.15) is 11.7 Å². The quantitative estimate of drug-likeness (QED) is 0.768. The molecule has 0 spiro atoms. The summed E-state index contributed by atoms with van der Waals surface area (Å²) in [5.41, 5.74) is 3.10. The summed E-state index contributed by atoms with van der Waals surface area (Å²) in [5.74, 6) is -0.109. The predicted octanol–water partition coefficient (Wildman–Crippen LogP) is 3.36. The molecule has 2 aromatic heterocycles. The Balaban J connectivity index is 1.44. The first-order valence-corrected chi connectivity index (χ1v) is 8.97. The maximum absolute atomic E-state index is 12.5. The zero-order valence-electron chi connectivity index (χ0n) is 15.0. The molecule has 3 aromatic rings. The van der Waals surface area contributed by atoms with E-state index in [1.807, 2.05) is 24.3 Å². The first-order chi connectivity index (χ1) is 13.1. The molecule has 138 valence electrons. The molecule has 1 aromatic carbocycles. The Labute approximate surface area is 156 Å². The van der Waals surface area contributed by atoms with Gasteiger partial charge in [-0.15, -0.1) is 0 Å². The lowest BCUT2D eigenvalue weighted by Crippen LogP contribution is -2.44. The Morgan fingerprint density at radius 1 is 1.11 bits per heavy atom. The third-order valence-electron chi connectivity index (χ3n) is 4.86. The average Bonchev–Trinajstić information content (AvgIpc) is 3.17. The fourth-order valence-electron chi connectivity index (χ4n) is 3.36. The highest BCUT2D eigenvalue weighted by molar-refractivity contribution is 5.96. The van der Waals surface area contributed by atoms with E-state index in [4.69, 9.17) is 9.15 Å². The number of benzene rings is 1. The molecule has 1 unspecified atom stereocenters. The SMILES string of the molecule is CC(=O)[C@@H]1CCC(NC(=O)c2ccc(-c3nccc4occc34)cc2)CO1. The summed E-state index contributed by atoms with van der Waals surface area (Å²) >= 11 is 0. The zero-order chi connectivity index (χ0) is 18.8. The van der Waals surface area contributed by atoms with Gasteiger partial charge in [0, 0.05) is 22.7 Å². The lowest BCUT2D eigenvalue weighted by molar-refractivity contribution is -0.131. The smallest absolute Gasteiger partial charge is 0.251 e. The van der Waals surface area contributed by atoms with Crippen LogP contribution in [-0.4, -0.2) is 35.4 Å². The first-order valence-electron chi connectivity index (χ1n) is 8.97. The number of ether oxygens (including phenoxy) is 1. The molecule has 1 fully saturated rings.